The van der Waals surface area contributed by atoms with Gasteiger partial charge in [0.2, 0.25) is 0 Å². The van der Waals surface area contributed by atoms with E-state index in [1.165, 1.54) is 19.2 Å². The average Bonchev–Trinajstić information content (AvgIpc) is 2.63. The molecule has 0 aromatic heterocycles. The standard InChI is InChI=1S/C18H17BrO6/c1-4-24-17(20)12-9-14(19)16(15(10-12)23-3)25-18(21)11-5-7-13(22-2)8-6-11/h5-10H,4H2,1-3H3. The van der Waals surface area contributed by atoms with Crippen molar-refractivity contribution in [2.24, 2.45) is 0 Å². The molecule has 0 saturated carbocycles. The van der Waals surface area contributed by atoms with Crippen molar-refractivity contribution in [3.8, 4) is 17.2 Å². The molecule has 0 amide bonds. The summed E-state index contributed by atoms with van der Waals surface area (Å²) in [6.07, 6.45) is 0. The zero-order chi connectivity index (χ0) is 18.4. The van der Waals surface area contributed by atoms with Gasteiger partial charge in [-0.3, -0.25) is 0 Å². The summed E-state index contributed by atoms with van der Waals surface area (Å²) in [5.41, 5.74) is 0.638. The van der Waals surface area contributed by atoms with Gasteiger partial charge in [-0.15, -0.1) is 0 Å². The van der Waals surface area contributed by atoms with E-state index in [1.807, 2.05) is 0 Å². The predicted molar refractivity (Wildman–Crippen MR) is 94.6 cm³/mol. The molecular formula is C18H17BrO6. The summed E-state index contributed by atoms with van der Waals surface area (Å²) in [4.78, 5) is 24.2. The molecule has 0 atom stereocenters. The average molecular weight is 409 g/mol. The van der Waals surface area contributed by atoms with Crippen molar-refractivity contribution in [1.29, 1.82) is 0 Å². The van der Waals surface area contributed by atoms with Crippen LogP contribution in [0.3, 0.4) is 0 Å². The lowest BCUT2D eigenvalue weighted by Crippen LogP contribution is -2.11. The minimum atomic E-state index is -0.564. The van der Waals surface area contributed by atoms with Crippen molar-refractivity contribution in [2.45, 2.75) is 6.92 Å². The highest BCUT2D eigenvalue weighted by molar-refractivity contribution is 9.10. The summed E-state index contributed by atoms with van der Waals surface area (Å²) < 4.78 is 21.1. The minimum Gasteiger partial charge on any atom is -0.497 e. The molecule has 0 N–H and O–H groups in total. The Kier molecular flexibility index (Phi) is 6.41. The van der Waals surface area contributed by atoms with Crippen LogP contribution in [-0.4, -0.2) is 32.8 Å². The first-order valence-corrected chi connectivity index (χ1v) is 8.20. The van der Waals surface area contributed by atoms with E-state index >= 15 is 0 Å². The number of halogens is 1. The maximum absolute atomic E-state index is 12.3. The van der Waals surface area contributed by atoms with Gasteiger partial charge in [0, 0.05) is 0 Å². The molecule has 25 heavy (non-hydrogen) atoms. The van der Waals surface area contributed by atoms with Gasteiger partial charge < -0.3 is 18.9 Å². The van der Waals surface area contributed by atoms with E-state index in [-0.39, 0.29) is 23.7 Å². The van der Waals surface area contributed by atoms with Crippen LogP contribution in [0.5, 0.6) is 17.2 Å². The highest BCUT2D eigenvalue weighted by atomic mass is 79.9. The fourth-order valence-corrected chi connectivity index (χ4v) is 2.55. The molecular weight excluding hydrogens is 392 g/mol. The van der Waals surface area contributed by atoms with Gasteiger partial charge in [0.25, 0.3) is 0 Å². The number of ether oxygens (including phenoxy) is 4. The van der Waals surface area contributed by atoms with Crippen LogP contribution in [0.4, 0.5) is 0 Å². The molecule has 0 unspecified atom stereocenters. The van der Waals surface area contributed by atoms with Crippen LogP contribution in [0.15, 0.2) is 40.9 Å². The highest BCUT2D eigenvalue weighted by Gasteiger charge is 2.19. The Morgan fingerprint density at radius 1 is 0.960 bits per heavy atom. The van der Waals surface area contributed by atoms with E-state index in [9.17, 15) is 9.59 Å². The normalized spacial score (nSPS) is 10.1. The maximum Gasteiger partial charge on any atom is 0.343 e. The van der Waals surface area contributed by atoms with Crippen molar-refractivity contribution >= 4 is 27.9 Å². The SMILES string of the molecule is CCOC(=O)c1cc(Br)c(OC(=O)c2ccc(OC)cc2)c(OC)c1. The third-order valence-corrected chi connectivity index (χ3v) is 3.85. The fourth-order valence-electron chi connectivity index (χ4n) is 2.03. The summed E-state index contributed by atoms with van der Waals surface area (Å²) >= 11 is 3.30. The quantitative estimate of drug-likeness (QED) is 0.533. The minimum absolute atomic E-state index is 0.177. The van der Waals surface area contributed by atoms with Crippen LogP contribution in [0.25, 0.3) is 0 Å². The van der Waals surface area contributed by atoms with E-state index in [4.69, 9.17) is 18.9 Å². The number of carbonyl (C=O) groups excluding carboxylic acids is 2. The second-order valence-electron chi connectivity index (χ2n) is 4.83. The third kappa shape index (κ3) is 4.51. The number of esters is 2. The first-order valence-electron chi connectivity index (χ1n) is 7.41. The number of carbonyl (C=O) groups is 2. The summed E-state index contributed by atoms with van der Waals surface area (Å²) in [7, 11) is 2.96. The Hall–Kier alpha value is -2.54. The summed E-state index contributed by atoms with van der Waals surface area (Å²) in [6.45, 7) is 1.97. The van der Waals surface area contributed by atoms with Crippen LogP contribution in [0.1, 0.15) is 27.6 Å². The van der Waals surface area contributed by atoms with E-state index in [2.05, 4.69) is 15.9 Å². The molecule has 0 saturated heterocycles. The molecule has 0 aliphatic carbocycles. The Balaban J connectivity index is 2.28. The van der Waals surface area contributed by atoms with Crippen LogP contribution in [0.2, 0.25) is 0 Å². The van der Waals surface area contributed by atoms with Gasteiger partial charge in [0.05, 0.1) is 36.4 Å². The van der Waals surface area contributed by atoms with Crippen molar-refractivity contribution in [3.05, 3.63) is 52.0 Å². The molecule has 2 aromatic carbocycles. The van der Waals surface area contributed by atoms with Crippen molar-refractivity contribution < 1.29 is 28.5 Å². The number of benzene rings is 2. The summed E-state index contributed by atoms with van der Waals surface area (Å²) in [5.74, 6) is -0.00942. The molecule has 0 aliphatic heterocycles. The monoisotopic (exact) mass is 408 g/mol. The lowest BCUT2D eigenvalue weighted by molar-refractivity contribution is 0.0526. The number of rotatable bonds is 6. The molecule has 0 fully saturated rings. The molecule has 7 heteroatoms. The molecule has 2 aromatic rings. The lowest BCUT2D eigenvalue weighted by Gasteiger charge is -2.13. The first-order chi connectivity index (χ1) is 12.0. The van der Waals surface area contributed by atoms with Gasteiger partial charge >= 0.3 is 11.9 Å². The maximum atomic E-state index is 12.3. The van der Waals surface area contributed by atoms with Crippen molar-refractivity contribution in [3.63, 3.8) is 0 Å². The second kappa shape index (κ2) is 8.53. The van der Waals surface area contributed by atoms with Gasteiger partial charge in [-0.1, -0.05) is 0 Å². The zero-order valence-corrected chi connectivity index (χ0v) is 15.6. The summed E-state index contributed by atoms with van der Waals surface area (Å²) in [6, 6.07) is 9.47. The molecule has 2 rings (SSSR count). The highest BCUT2D eigenvalue weighted by Crippen LogP contribution is 2.37. The van der Waals surface area contributed by atoms with Crippen LogP contribution < -0.4 is 14.2 Å². The van der Waals surface area contributed by atoms with Gasteiger partial charge in [0.15, 0.2) is 11.5 Å². The number of hydrogen-bond acceptors (Lipinski definition) is 6. The van der Waals surface area contributed by atoms with Gasteiger partial charge in [-0.25, -0.2) is 9.59 Å². The Morgan fingerprint density at radius 3 is 2.20 bits per heavy atom. The molecule has 0 spiro atoms. The van der Waals surface area contributed by atoms with Crippen molar-refractivity contribution in [1.82, 2.24) is 0 Å². The Morgan fingerprint density at radius 2 is 1.64 bits per heavy atom. The largest absolute Gasteiger partial charge is 0.497 e. The Bertz CT molecular complexity index is 770. The van der Waals surface area contributed by atoms with Gasteiger partial charge in [-0.2, -0.15) is 0 Å². The Labute approximate surface area is 153 Å². The molecule has 0 radical (unpaired) electrons. The lowest BCUT2D eigenvalue weighted by atomic mass is 10.2. The van der Waals surface area contributed by atoms with Crippen LogP contribution >= 0.6 is 15.9 Å². The molecule has 0 aliphatic rings. The fraction of sp³-hybridized carbons (Fsp3) is 0.222. The molecule has 132 valence electrons. The van der Waals surface area contributed by atoms with Gasteiger partial charge in [-0.05, 0) is 59.3 Å². The summed E-state index contributed by atoms with van der Waals surface area (Å²) in [5, 5.41) is 0. The van der Waals surface area contributed by atoms with E-state index < -0.39 is 11.9 Å². The van der Waals surface area contributed by atoms with Crippen LogP contribution in [0, 0.1) is 0 Å². The van der Waals surface area contributed by atoms with Gasteiger partial charge in [0.1, 0.15) is 5.75 Å². The van der Waals surface area contributed by atoms with E-state index in [0.29, 0.717) is 15.8 Å². The molecule has 0 bridgehead atoms. The predicted octanol–water partition coefficient (Wildman–Crippen LogP) is 3.86. The molecule has 0 heterocycles. The smallest absolute Gasteiger partial charge is 0.343 e. The zero-order valence-electron chi connectivity index (χ0n) is 14.0. The second-order valence-corrected chi connectivity index (χ2v) is 5.68. The topological polar surface area (TPSA) is 71.1 Å². The van der Waals surface area contributed by atoms with E-state index in [1.54, 1.807) is 38.3 Å². The number of methoxy groups -OCH3 is 2. The first kappa shape index (κ1) is 18.8. The molecule has 6 nitrogen and oxygen atoms in total. The number of hydrogen-bond donors (Lipinski definition) is 0. The van der Waals surface area contributed by atoms with Crippen LogP contribution in [-0.2, 0) is 4.74 Å². The van der Waals surface area contributed by atoms with Crippen molar-refractivity contribution in [2.75, 3.05) is 20.8 Å². The third-order valence-electron chi connectivity index (χ3n) is 3.26. The van der Waals surface area contributed by atoms with E-state index in [0.717, 1.165) is 0 Å².